The lowest BCUT2D eigenvalue weighted by atomic mass is 9.86. The lowest BCUT2D eigenvalue weighted by molar-refractivity contribution is -0.171. The van der Waals surface area contributed by atoms with Gasteiger partial charge in [-0.3, -0.25) is 9.59 Å². The van der Waals surface area contributed by atoms with Gasteiger partial charge in [-0.2, -0.15) is 0 Å². The molecule has 0 fully saturated rings. The Labute approximate surface area is 92.2 Å². The SMILES string of the molecule is CNC(=O)C(C(=O)O)(C(=O)O)C(=O)NPC. The highest BCUT2D eigenvalue weighted by Gasteiger charge is 2.60. The second kappa shape index (κ2) is 5.41. The number of carbonyl (C=O) groups excluding carboxylic acids is 2. The molecule has 0 aromatic carbocycles. The van der Waals surface area contributed by atoms with Gasteiger partial charge in [-0.15, -0.1) is 0 Å². The Morgan fingerprint density at radius 2 is 1.50 bits per heavy atom. The van der Waals surface area contributed by atoms with E-state index in [0.717, 1.165) is 7.05 Å². The summed E-state index contributed by atoms with van der Waals surface area (Å²) in [6.07, 6.45) is 0. The van der Waals surface area contributed by atoms with Gasteiger partial charge in [0.05, 0.1) is 0 Å². The average molecular weight is 250 g/mol. The van der Waals surface area contributed by atoms with Crippen LogP contribution in [-0.4, -0.2) is 47.7 Å². The largest absolute Gasteiger partial charge is 0.480 e. The summed E-state index contributed by atoms with van der Waals surface area (Å²) in [5.41, 5.74) is -3.14. The van der Waals surface area contributed by atoms with Crippen LogP contribution in [-0.2, 0) is 19.2 Å². The van der Waals surface area contributed by atoms with Crippen LogP contribution >= 0.6 is 8.73 Å². The highest BCUT2D eigenvalue weighted by Crippen LogP contribution is 2.20. The molecule has 0 radical (unpaired) electrons. The number of amides is 2. The van der Waals surface area contributed by atoms with E-state index in [1.165, 1.54) is 6.66 Å². The molecule has 0 bridgehead atoms. The zero-order chi connectivity index (χ0) is 12.9. The van der Waals surface area contributed by atoms with Gasteiger partial charge in [0.15, 0.2) is 0 Å². The third-order valence-electron chi connectivity index (χ3n) is 1.79. The van der Waals surface area contributed by atoms with Gasteiger partial charge < -0.3 is 20.6 Å². The second-order valence-corrected chi connectivity index (χ2v) is 3.39. The van der Waals surface area contributed by atoms with E-state index < -0.39 is 29.2 Å². The molecule has 0 saturated heterocycles. The smallest absolute Gasteiger partial charge is 0.340 e. The fraction of sp³-hybridized carbons (Fsp3) is 0.429. The third-order valence-corrected chi connectivity index (χ3v) is 2.27. The van der Waals surface area contributed by atoms with Crippen molar-refractivity contribution in [3.63, 3.8) is 0 Å². The van der Waals surface area contributed by atoms with E-state index in [1.807, 2.05) is 10.4 Å². The fourth-order valence-electron chi connectivity index (χ4n) is 0.978. The number of carbonyl (C=O) groups is 4. The maximum Gasteiger partial charge on any atom is 0.340 e. The minimum Gasteiger partial charge on any atom is -0.480 e. The number of hydrogen-bond acceptors (Lipinski definition) is 4. The van der Waals surface area contributed by atoms with Gasteiger partial charge in [0.2, 0.25) is 0 Å². The van der Waals surface area contributed by atoms with Crippen molar-refractivity contribution in [1.29, 1.82) is 0 Å². The first kappa shape index (κ1) is 14.3. The maximum absolute atomic E-state index is 11.4. The first-order chi connectivity index (χ1) is 7.35. The molecule has 0 aromatic rings. The van der Waals surface area contributed by atoms with Crippen LogP contribution in [0.4, 0.5) is 0 Å². The summed E-state index contributed by atoms with van der Waals surface area (Å²) in [5, 5.41) is 21.5. The van der Waals surface area contributed by atoms with Gasteiger partial charge >= 0.3 is 17.4 Å². The van der Waals surface area contributed by atoms with Crippen LogP contribution in [0.3, 0.4) is 0 Å². The molecule has 0 rings (SSSR count). The third kappa shape index (κ3) is 2.11. The highest BCUT2D eigenvalue weighted by atomic mass is 31.1. The average Bonchev–Trinajstić information content (AvgIpc) is 2.17. The van der Waals surface area contributed by atoms with Gasteiger partial charge in [-0.05, 0) is 15.4 Å². The zero-order valence-corrected chi connectivity index (χ0v) is 9.53. The van der Waals surface area contributed by atoms with Crippen molar-refractivity contribution in [1.82, 2.24) is 10.4 Å². The molecule has 0 aliphatic carbocycles. The fourth-order valence-corrected chi connectivity index (χ4v) is 1.39. The van der Waals surface area contributed by atoms with E-state index in [4.69, 9.17) is 10.2 Å². The van der Waals surface area contributed by atoms with E-state index in [-0.39, 0.29) is 8.73 Å². The topological polar surface area (TPSA) is 133 Å². The monoisotopic (exact) mass is 250 g/mol. The van der Waals surface area contributed by atoms with Gasteiger partial charge in [0, 0.05) is 7.05 Å². The Morgan fingerprint density at radius 3 is 1.75 bits per heavy atom. The summed E-state index contributed by atoms with van der Waals surface area (Å²) in [4.78, 5) is 44.5. The van der Waals surface area contributed by atoms with Gasteiger partial charge in [0.25, 0.3) is 11.8 Å². The molecule has 4 N–H and O–H groups in total. The van der Waals surface area contributed by atoms with Crippen molar-refractivity contribution in [2.45, 2.75) is 0 Å². The zero-order valence-electron chi connectivity index (χ0n) is 8.53. The van der Waals surface area contributed by atoms with Crippen molar-refractivity contribution < 1.29 is 29.4 Å². The molecule has 0 spiro atoms. The van der Waals surface area contributed by atoms with Crippen LogP contribution in [0.5, 0.6) is 0 Å². The van der Waals surface area contributed by atoms with E-state index in [9.17, 15) is 19.2 Å². The van der Waals surface area contributed by atoms with Crippen molar-refractivity contribution >= 4 is 32.5 Å². The molecule has 16 heavy (non-hydrogen) atoms. The molecule has 9 heteroatoms. The number of nitrogens with one attached hydrogen (secondary N) is 2. The number of hydrogen-bond donors (Lipinski definition) is 4. The Kier molecular flexibility index (Phi) is 4.84. The summed E-state index contributed by atoms with van der Waals surface area (Å²) in [7, 11) is 0.831. The van der Waals surface area contributed by atoms with Crippen molar-refractivity contribution in [2.24, 2.45) is 5.41 Å². The van der Waals surface area contributed by atoms with Crippen molar-refractivity contribution in [2.75, 3.05) is 13.7 Å². The van der Waals surface area contributed by atoms with E-state index in [0.29, 0.717) is 0 Å². The molecule has 2 amide bonds. The number of carboxylic acid groups (broad SMARTS) is 2. The van der Waals surface area contributed by atoms with Crippen LogP contribution in [0.15, 0.2) is 0 Å². The minimum absolute atomic E-state index is 0.215. The van der Waals surface area contributed by atoms with Gasteiger partial charge in [-0.25, -0.2) is 9.59 Å². The van der Waals surface area contributed by atoms with Crippen molar-refractivity contribution in [3.05, 3.63) is 0 Å². The minimum atomic E-state index is -3.14. The first-order valence-corrected chi connectivity index (χ1v) is 5.51. The summed E-state index contributed by atoms with van der Waals surface area (Å²) in [5.74, 6) is -6.83. The van der Waals surface area contributed by atoms with Gasteiger partial charge in [-0.1, -0.05) is 0 Å². The summed E-state index contributed by atoms with van der Waals surface area (Å²) in [6, 6.07) is 0. The van der Waals surface area contributed by atoms with Crippen LogP contribution in [0.2, 0.25) is 0 Å². The predicted molar refractivity (Wildman–Crippen MR) is 54.2 cm³/mol. The normalized spacial score (nSPS) is 11.1. The molecule has 0 aliphatic heterocycles. The molecule has 8 nitrogen and oxygen atoms in total. The lowest BCUT2D eigenvalue weighted by Gasteiger charge is -2.21. The Bertz CT molecular complexity index is 328. The standard InChI is InChI=1S/C7H11N2O6P/c1-8-3(10)7(5(12)13,6(14)15)4(11)9-16-2/h16H,1-2H3,(H,8,10)(H,9,11)(H,12,13)(H,14,15). The van der Waals surface area contributed by atoms with Crippen LogP contribution in [0.25, 0.3) is 0 Å². The molecule has 90 valence electrons. The van der Waals surface area contributed by atoms with Gasteiger partial charge in [0.1, 0.15) is 0 Å². The number of carboxylic acids is 2. The highest BCUT2D eigenvalue weighted by molar-refractivity contribution is 7.35. The number of aliphatic carboxylic acids is 2. The van der Waals surface area contributed by atoms with Crippen molar-refractivity contribution in [3.8, 4) is 0 Å². The predicted octanol–water partition coefficient (Wildman–Crippen LogP) is -1.77. The van der Waals surface area contributed by atoms with E-state index in [1.54, 1.807) is 0 Å². The molecule has 0 aliphatic rings. The Morgan fingerprint density at radius 1 is 1.06 bits per heavy atom. The number of rotatable bonds is 5. The van der Waals surface area contributed by atoms with Crippen LogP contribution in [0.1, 0.15) is 0 Å². The maximum atomic E-state index is 11.4. The molecule has 0 saturated carbocycles. The Balaban J connectivity index is 5.63. The van der Waals surface area contributed by atoms with E-state index >= 15 is 0 Å². The van der Waals surface area contributed by atoms with E-state index in [2.05, 4.69) is 0 Å². The Hall–Kier alpha value is -1.69. The molecule has 0 aromatic heterocycles. The molecule has 1 atom stereocenters. The molecular formula is C7H11N2O6P. The van der Waals surface area contributed by atoms with Crippen LogP contribution < -0.4 is 10.4 Å². The summed E-state index contributed by atoms with van der Waals surface area (Å²) >= 11 is 0. The second-order valence-electron chi connectivity index (χ2n) is 2.64. The quantitative estimate of drug-likeness (QED) is 0.337. The summed E-state index contributed by atoms with van der Waals surface area (Å²) in [6.45, 7) is 1.50. The summed E-state index contributed by atoms with van der Waals surface area (Å²) < 4.78 is 0. The lowest BCUT2D eigenvalue weighted by Crippen LogP contribution is -2.59. The molecule has 0 heterocycles. The molecular weight excluding hydrogens is 239 g/mol. The van der Waals surface area contributed by atoms with Crippen LogP contribution in [0, 0.1) is 5.41 Å². The molecule has 1 unspecified atom stereocenters. The first-order valence-electron chi connectivity index (χ1n) is 4.01.